The van der Waals surface area contributed by atoms with Gasteiger partial charge in [0.15, 0.2) is 0 Å². The van der Waals surface area contributed by atoms with E-state index in [-0.39, 0.29) is 22.4 Å². The summed E-state index contributed by atoms with van der Waals surface area (Å²) in [6.07, 6.45) is 0. The van der Waals surface area contributed by atoms with E-state index < -0.39 is 16.6 Å². The normalized spacial score (nSPS) is 14.5. The molecule has 1 unspecified atom stereocenters. The molecule has 0 aliphatic rings. The van der Waals surface area contributed by atoms with Gasteiger partial charge >= 0.3 is 27.9 Å². The summed E-state index contributed by atoms with van der Waals surface area (Å²) in [5.41, 5.74) is -5.08. The van der Waals surface area contributed by atoms with Crippen molar-refractivity contribution in [2.45, 2.75) is 5.51 Å². The zero-order valence-electron chi connectivity index (χ0n) is 3.16. The third kappa shape index (κ3) is 4.79. The fourth-order valence-electron chi connectivity index (χ4n) is 0. The molecule has 2 nitrogen and oxygen atoms in total. The van der Waals surface area contributed by atoms with Gasteiger partial charge in [-0.15, -0.1) is 0 Å². The molecule has 0 heterocycles. The Morgan fingerprint density at radius 1 is 1.38 bits per heavy atom. The molecule has 0 spiro atoms. The summed E-state index contributed by atoms with van der Waals surface area (Å²) in [5, 5.41) is 0. The van der Waals surface area contributed by atoms with Gasteiger partial charge in [0.25, 0.3) is 0 Å². The predicted molar refractivity (Wildman–Crippen MR) is 15.0 cm³/mol. The van der Waals surface area contributed by atoms with Crippen LogP contribution in [0.15, 0.2) is 0 Å². The molecule has 0 bridgehead atoms. The Labute approximate surface area is 61.2 Å². The first-order valence-electron chi connectivity index (χ1n) is 1.10. The van der Waals surface area contributed by atoms with Crippen LogP contribution >= 0.6 is 0 Å². The summed E-state index contributed by atoms with van der Waals surface area (Å²) >= 11 is -3.93. The average Bonchev–Trinajstić information content (AvgIpc) is 1.31. The molecule has 0 fully saturated rings. The van der Waals surface area contributed by atoms with Gasteiger partial charge in [0.1, 0.15) is 0 Å². The van der Waals surface area contributed by atoms with Crippen molar-refractivity contribution in [3.8, 4) is 0 Å². The molecule has 0 saturated heterocycles. The van der Waals surface area contributed by atoms with Crippen molar-refractivity contribution in [1.29, 1.82) is 0 Å². The molecular weight excluding hydrogens is 241 g/mol. The fourth-order valence-corrected chi connectivity index (χ4v) is 0. The second-order valence-corrected chi connectivity index (χ2v) is 1.61. The molecule has 0 aromatic carbocycles. The van der Waals surface area contributed by atoms with Crippen LogP contribution in [0.2, 0.25) is 0 Å². The van der Waals surface area contributed by atoms with Gasteiger partial charge in [-0.3, -0.25) is 4.21 Å². The van der Waals surface area contributed by atoms with E-state index in [0.717, 1.165) is 0 Å². The molecule has 8 heavy (non-hydrogen) atoms. The Hall–Kier alpha value is 0.640. The number of alkyl halides is 3. The monoisotopic (exact) mass is 240 g/mol. The first-order chi connectivity index (χ1) is 2.94. The van der Waals surface area contributed by atoms with E-state index in [2.05, 4.69) is 0 Å². The van der Waals surface area contributed by atoms with Gasteiger partial charge in [0.05, 0.1) is 11.1 Å². The Morgan fingerprint density at radius 3 is 1.50 bits per heavy atom. The molecule has 0 aliphatic carbocycles. The summed E-state index contributed by atoms with van der Waals surface area (Å²) in [7, 11) is 0. The van der Waals surface area contributed by atoms with E-state index in [1.54, 1.807) is 0 Å². The van der Waals surface area contributed by atoms with Crippen molar-refractivity contribution < 1.29 is 44.3 Å². The predicted octanol–water partition coefficient (Wildman–Crippen LogP) is 0.383. The van der Waals surface area contributed by atoms with Crippen molar-refractivity contribution in [1.82, 2.24) is 0 Å². The SMILES string of the molecule is O=S([O-])C(F)(F)F.[Ag+]. The number of rotatable bonds is 0. The average molecular weight is 241 g/mol. The smallest absolute Gasteiger partial charge is 0.766 e. The van der Waals surface area contributed by atoms with Gasteiger partial charge in [0.2, 0.25) is 0 Å². The largest absolute Gasteiger partial charge is 1.00 e. The van der Waals surface area contributed by atoms with E-state index in [1.165, 1.54) is 0 Å². The Balaban J connectivity index is 0. The van der Waals surface area contributed by atoms with Crippen LogP contribution in [0.5, 0.6) is 0 Å². The van der Waals surface area contributed by atoms with Gasteiger partial charge in [-0.1, -0.05) is 0 Å². The number of halogens is 3. The van der Waals surface area contributed by atoms with Crippen LogP contribution in [0.4, 0.5) is 13.2 Å². The van der Waals surface area contributed by atoms with Gasteiger partial charge in [-0.05, 0) is 0 Å². The zero-order chi connectivity index (χ0) is 6.08. The van der Waals surface area contributed by atoms with Crippen LogP contribution in [0.1, 0.15) is 0 Å². The molecule has 54 valence electrons. The first kappa shape index (κ1) is 11.4. The maximum atomic E-state index is 10.6. The number of hydrogen-bond donors (Lipinski definition) is 0. The number of hydrogen-bond acceptors (Lipinski definition) is 2. The Morgan fingerprint density at radius 2 is 1.50 bits per heavy atom. The van der Waals surface area contributed by atoms with Crippen LogP contribution in [-0.2, 0) is 33.5 Å². The molecule has 0 N–H and O–H groups in total. The molecule has 0 saturated carbocycles. The quantitative estimate of drug-likeness (QED) is 0.454. The molecule has 0 aliphatic heterocycles. The standard InChI is InChI=1S/CHF3O2S.Ag/c2-1(3,4)7(5)6;/h(H,5,6);/q;+1/p-1. The van der Waals surface area contributed by atoms with Gasteiger partial charge in [0, 0.05) is 0 Å². The molecule has 7 heteroatoms. The van der Waals surface area contributed by atoms with Crippen molar-refractivity contribution in [3.05, 3.63) is 0 Å². The van der Waals surface area contributed by atoms with Crippen molar-refractivity contribution in [2.75, 3.05) is 0 Å². The van der Waals surface area contributed by atoms with Gasteiger partial charge in [-0.2, -0.15) is 13.2 Å². The zero-order valence-corrected chi connectivity index (χ0v) is 5.46. The molecule has 0 aromatic heterocycles. The molecule has 0 aromatic rings. The summed E-state index contributed by atoms with van der Waals surface area (Å²) in [6.45, 7) is 0. The van der Waals surface area contributed by atoms with E-state index in [0.29, 0.717) is 0 Å². The van der Waals surface area contributed by atoms with Crippen molar-refractivity contribution in [3.63, 3.8) is 0 Å². The third-order valence-corrected chi connectivity index (χ3v) is 0.567. The summed E-state index contributed by atoms with van der Waals surface area (Å²) < 4.78 is 49.5. The fraction of sp³-hybridized carbons (Fsp3) is 1.00. The van der Waals surface area contributed by atoms with E-state index >= 15 is 0 Å². The van der Waals surface area contributed by atoms with Gasteiger partial charge in [-0.25, -0.2) is 0 Å². The molecule has 0 amide bonds. The molecule has 1 atom stereocenters. The van der Waals surface area contributed by atoms with Crippen LogP contribution in [-0.4, -0.2) is 14.3 Å². The second-order valence-electron chi connectivity index (χ2n) is 0.680. The molecule has 0 radical (unpaired) electrons. The Kier molecular flexibility index (Phi) is 5.18. The maximum Gasteiger partial charge on any atom is 1.00 e. The van der Waals surface area contributed by atoms with Crippen molar-refractivity contribution in [2.24, 2.45) is 0 Å². The molecule has 0 rings (SSSR count). The van der Waals surface area contributed by atoms with Crippen LogP contribution in [0.25, 0.3) is 0 Å². The minimum Gasteiger partial charge on any atom is -0.766 e. The van der Waals surface area contributed by atoms with Crippen LogP contribution < -0.4 is 0 Å². The summed E-state index contributed by atoms with van der Waals surface area (Å²) in [5.74, 6) is 0. The Bertz CT molecular complexity index is 89.8. The van der Waals surface area contributed by atoms with Crippen molar-refractivity contribution >= 4 is 11.1 Å². The first-order valence-corrected chi connectivity index (χ1v) is 2.18. The second kappa shape index (κ2) is 3.62. The summed E-state index contributed by atoms with van der Waals surface area (Å²) in [4.78, 5) is 0. The van der Waals surface area contributed by atoms with Crippen LogP contribution in [0.3, 0.4) is 0 Å². The maximum absolute atomic E-state index is 10.6. The summed E-state index contributed by atoms with van der Waals surface area (Å²) in [6, 6.07) is 0. The minimum atomic E-state index is -5.08. The molecular formula is CAgF3O2S. The van der Waals surface area contributed by atoms with E-state index in [1.807, 2.05) is 0 Å². The minimum absolute atomic E-state index is 0. The topological polar surface area (TPSA) is 40.1 Å². The third-order valence-electron chi connectivity index (χ3n) is 0.189. The van der Waals surface area contributed by atoms with E-state index in [9.17, 15) is 13.2 Å². The van der Waals surface area contributed by atoms with E-state index in [4.69, 9.17) is 8.76 Å². The van der Waals surface area contributed by atoms with Crippen LogP contribution in [0, 0.1) is 0 Å². The van der Waals surface area contributed by atoms with Gasteiger partial charge < -0.3 is 4.55 Å².